The highest BCUT2D eigenvalue weighted by Gasteiger charge is 2.13. The van der Waals surface area contributed by atoms with Gasteiger partial charge in [-0.25, -0.2) is 0 Å². The Balaban J connectivity index is 1.68. The van der Waals surface area contributed by atoms with Crippen molar-refractivity contribution in [3.8, 4) is 0 Å². The van der Waals surface area contributed by atoms with E-state index in [9.17, 15) is 19.2 Å². The molecule has 0 aliphatic heterocycles. The first-order valence-corrected chi connectivity index (χ1v) is 9.13. The molecule has 0 saturated heterocycles. The van der Waals surface area contributed by atoms with Crippen molar-refractivity contribution >= 4 is 58.2 Å². The van der Waals surface area contributed by atoms with Gasteiger partial charge in [-0.3, -0.25) is 30.0 Å². The Hall–Kier alpha value is -2.62. The van der Waals surface area contributed by atoms with E-state index in [4.69, 9.17) is 23.2 Å². The highest BCUT2D eigenvalue weighted by atomic mass is 35.5. The maximum atomic E-state index is 12.0. The molecule has 4 amide bonds. The molecule has 8 nitrogen and oxygen atoms in total. The monoisotopic (exact) mass is 428 g/mol. The van der Waals surface area contributed by atoms with Crippen molar-refractivity contribution in [3.05, 3.63) is 56.2 Å². The molecule has 1 aromatic heterocycles. The van der Waals surface area contributed by atoms with Crippen LogP contribution in [0.5, 0.6) is 0 Å². The fourth-order valence-electron chi connectivity index (χ4n) is 1.81. The molecule has 4 N–H and O–H groups in total. The molecule has 0 atom stereocenters. The summed E-state index contributed by atoms with van der Waals surface area (Å²) in [5.74, 6) is -2.23. The van der Waals surface area contributed by atoms with Crippen LogP contribution in [-0.4, -0.2) is 36.7 Å². The van der Waals surface area contributed by atoms with Crippen LogP contribution in [0.25, 0.3) is 0 Å². The minimum atomic E-state index is -0.625. The smallest absolute Gasteiger partial charge is 0.279 e. The molecular formula is C16H14Cl2N4O4S. The Morgan fingerprint density at radius 1 is 0.889 bits per heavy atom. The normalized spacial score (nSPS) is 10.0. The van der Waals surface area contributed by atoms with E-state index in [2.05, 4.69) is 21.5 Å². The molecular weight excluding hydrogens is 415 g/mol. The maximum Gasteiger partial charge on any atom is 0.279 e. The first kappa shape index (κ1) is 20.7. The van der Waals surface area contributed by atoms with Crippen LogP contribution < -0.4 is 21.5 Å². The molecule has 2 aromatic rings. The number of carbonyl (C=O) groups is 4. The molecule has 0 aliphatic rings. The first-order chi connectivity index (χ1) is 12.9. The summed E-state index contributed by atoms with van der Waals surface area (Å²) in [5, 5.41) is 6.94. The summed E-state index contributed by atoms with van der Waals surface area (Å²) >= 11 is 12.9. The van der Waals surface area contributed by atoms with Crippen molar-refractivity contribution in [2.75, 3.05) is 13.1 Å². The zero-order valence-corrected chi connectivity index (χ0v) is 16.0. The molecule has 2 rings (SSSR count). The fourth-order valence-corrected chi connectivity index (χ4v) is 2.92. The molecule has 0 fully saturated rings. The second-order valence-corrected chi connectivity index (χ2v) is 6.85. The molecule has 0 spiro atoms. The first-order valence-electron chi connectivity index (χ1n) is 7.49. The molecule has 0 bridgehead atoms. The fraction of sp³-hybridized carbons (Fsp3) is 0.125. The largest absolute Gasteiger partial charge is 0.345 e. The third-order valence-electron chi connectivity index (χ3n) is 3.09. The number of carbonyl (C=O) groups excluding carboxylic acids is 4. The number of amides is 4. The quantitative estimate of drug-likeness (QED) is 0.519. The van der Waals surface area contributed by atoms with Crippen molar-refractivity contribution in [2.24, 2.45) is 0 Å². The summed E-state index contributed by atoms with van der Waals surface area (Å²) in [5.41, 5.74) is 4.55. The van der Waals surface area contributed by atoms with Gasteiger partial charge in [-0.2, -0.15) is 0 Å². The van der Waals surface area contributed by atoms with E-state index < -0.39 is 23.6 Å². The van der Waals surface area contributed by atoms with Gasteiger partial charge >= 0.3 is 0 Å². The van der Waals surface area contributed by atoms with Crippen LogP contribution >= 0.6 is 34.5 Å². The number of hydrogen-bond donors (Lipinski definition) is 4. The Bertz CT molecular complexity index is 858. The van der Waals surface area contributed by atoms with Crippen molar-refractivity contribution in [3.63, 3.8) is 0 Å². The molecule has 1 aromatic carbocycles. The number of rotatable bonds is 6. The van der Waals surface area contributed by atoms with Crippen LogP contribution in [0.1, 0.15) is 20.0 Å². The summed E-state index contributed by atoms with van der Waals surface area (Å²) in [6.07, 6.45) is 0. The Labute approximate surface area is 168 Å². The zero-order chi connectivity index (χ0) is 19.8. The average Bonchev–Trinajstić information content (AvgIpc) is 3.17. The van der Waals surface area contributed by atoms with Crippen LogP contribution in [0, 0.1) is 0 Å². The predicted molar refractivity (Wildman–Crippen MR) is 102 cm³/mol. The van der Waals surface area contributed by atoms with Crippen molar-refractivity contribution < 1.29 is 19.2 Å². The Kier molecular flexibility index (Phi) is 7.59. The standard InChI is InChI=1S/C16H14Cl2N4O4S/c17-9-3-4-10(11(18)6-9)15(25)20-7-13(23)19-8-14(24)21-22-16(26)12-2-1-5-27-12/h1-6H,7-8H2,(H,19,23)(H,20,25)(H,21,24)(H,22,26). The van der Waals surface area contributed by atoms with Gasteiger partial charge in [0.2, 0.25) is 5.91 Å². The number of hydrogen-bond acceptors (Lipinski definition) is 5. The van der Waals surface area contributed by atoms with Crippen molar-refractivity contribution in [1.82, 2.24) is 21.5 Å². The van der Waals surface area contributed by atoms with Gasteiger partial charge in [0.05, 0.1) is 28.6 Å². The summed E-state index contributed by atoms with van der Waals surface area (Å²) in [6, 6.07) is 7.64. The van der Waals surface area contributed by atoms with E-state index >= 15 is 0 Å². The summed E-state index contributed by atoms with van der Waals surface area (Å²) < 4.78 is 0. The van der Waals surface area contributed by atoms with E-state index in [1.807, 2.05) is 0 Å². The van der Waals surface area contributed by atoms with Crippen LogP contribution in [0.4, 0.5) is 0 Å². The third-order valence-corrected chi connectivity index (χ3v) is 4.51. The van der Waals surface area contributed by atoms with Gasteiger partial charge < -0.3 is 10.6 Å². The second-order valence-electron chi connectivity index (χ2n) is 5.06. The SMILES string of the molecule is O=C(CNC(=O)c1ccc(Cl)cc1Cl)NCC(=O)NNC(=O)c1cccs1. The number of nitrogens with one attached hydrogen (secondary N) is 4. The van der Waals surface area contributed by atoms with Gasteiger partial charge in [0.15, 0.2) is 0 Å². The lowest BCUT2D eigenvalue weighted by Gasteiger charge is -2.09. The summed E-state index contributed by atoms with van der Waals surface area (Å²) in [6.45, 7) is -0.728. The van der Waals surface area contributed by atoms with E-state index in [0.29, 0.717) is 9.90 Å². The van der Waals surface area contributed by atoms with Crippen LogP contribution in [0.15, 0.2) is 35.7 Å². The summed E-state index contributed by atoms with van der Waals surface area (Å²) in [4.78, 5) is 47.3. The lowest BCUT2D eigenvalue weighted by molar-refractivity contribution is -0.125. The van der Waals surface area contributed by atoms with Gasteiger partial charge in [-0.1, -0.05) is 29.3 Å². The number of benzene rings is 1. The third kappa shape index (κ3) is 6.55. The molecule has 1 heterocycles. The van der Waals surface area contributed by atoms with Gasteiger partial charge in [-0.15, -0.1) is 11.3 Å². The lowest BCUT2D eigenvalue weighted by atomic mass is 10.2. The minimum absolute atomic E-state index is 0.154. The minimum Gasteiger partial charge on any atom is -0.345 e. The van der Waals surface area contributed by atoms with Gasteiger partial charge in [0.25, 0.3) is 17.7 Å². The molecule has 142 valence electrons. The lowest BCUT2D eigenvalue weighted by Crippen LogP contribution is -2.47. The van der Waals surface area contributed by atoms with Gasteiger partial charge in [0, 0.05) is 5.02 Å². The topological polar surface area (TPSA) is 116 Å². The van der Waals surface area contributed by atoms with Crippen LogP contribution in [-0.2, 0) is 9.59 Å². The highest BCUT2D eigenvalue weighted by Crippen LogP contribution is 2.20. The molecule has 0 aliphatic carbocycles. The molecule has 0 saturated carbocycles. The predicted octanol–water partition coefficient (Wildman–Crippen LogP) is 1.36. The summed E-state index contributed by atoms with van der Waals surface area (Å²) in [7, 11) is 0. The van der Waals surface area contributed by atoms with Gasteiger partial charge in [0.1, 0.15) is 0 Å². The van der Waals surface area contributed by atoms with Crippen molar-refractivity contribution in [1.29, 1.82) is 0 Å². The zero-order valence-electron chi connectivity index (χ0n) is 13.7. The molecule has 27 heavy (non-hydrogen) atoms. The Morgan fingerprint density at radius 2 is 1.63 bits per heavy atom. The van der Waals surface area contributed by atoms with Crippen molar-refractivity contribution in [2.45, 2.75) is 0 Å². The van der Waals surface area contributed by atoms with E-state index in [1.165, 1.54) is 29.5 Å². The number of thiophene rings is 1. The van der Waals surface area contributed by atoms with E-state index in [0.717, 1.165) is 0 Å². The van der Waals surface area contributed by atoms with Crippen LogP contribution in [0.2, 0.25) is 10.0 Å². The van der Waals surface area contributed by atoms with E-state index in [1.54, 1.807) is 17.5 Å². The van der Waals surface area contributed by atoms with Crippen LogP contribution in [0.3, 0.4) is 0 Å². The molecule has 11 heteroatoms. The molecule has 0 unspecified atom stereocenters. The van der Waals surface area contributed by atoms with Gasteiger partial charge in [-0.05, 0) is 29.6 Å². The number of hydrazine groups is 1. The average molecular weight is 429 g/mol. The Morgan fingerprint density at radius 3 is 2.30 bits per heavy atom. The maximum absolute atomic E-state index is 12.0. The second kappa shape index (κ2) is 9.91. The molecule has 0 radical (unpaired) electrons. The highest BCUT2D eigenvalue weighted by molar-refractivity contribution is 7.12. The van der Waals surface area contributed by atoms with E-state index in [-0.39, 0.29) is 23.7 Å². The number of halogens is 2.